The zero-order valence-electron chi connectivity index (χ0n) is 15.1. The summed E-state index contributed by atoms with van der Waals surface area (Å²) >= 11 is 0. The van der Waals surface area contributed by atoms with E-state index in [-0.39, 0.29) is 5.75 Å². The first-order valence-electron chi connectivity index (χ1n) is 9.17. The van der Waals surface area contributed by atoms with Crippen LogP contribution in [0, 0.1) is 0 Å². The maximum Gasteiger partial charge on any atom is 0.163 e. The number of benzene rings is 2. The van der Waals surface area contributed by atoms with Gasteiger partial charge in [-0.05, 0) is 23.6 Å². The van der Waals surface area contributed by atoms with E-state index in [4.69, 9.17) is 4.74 Å². The monoisotopic (exact) mass is 385 g/mol. The number of phenols is 1. The highest BCUT2D eigenvalue weighted by atomic mass is 16.6. The molecule has 1 saturated heterocycles. The minimum atomic E-state index is -1.49. The Morgan fingerprint density at radius 3 is 2.36 bits per heavy atom. The maximum absolute atomic E-state index is 10.5. The lowest BCUT2D eigenvalue weighted by molar-refractivity contribution is -0.250. The lowest BCUT2D eigenvalue weighted by atomic mass is 9.98. The molecule has 1 aliphatic heterocycles. The molecule has 148 valence electrons. The third-order valence-corrected chi connectivity index (χ3v) is 5.29. The molecule has 2 aromatic carbocycles. The van der Waals surface area contributed by atoms with E-state index < -0.39 is 37.3 Å². The van der Waals surface area contributed by atoms with E-state index in [0.717, 1.165) is 16.5 Å². The summed E-state index contributed by atoms with van der Waals surface area (Å²) in [7, 11) is 0. The Hall–Kier alpha value is -2.42. The molecule has 5 atom stereocenters. The predicted molar refractivity (Wildman–Crippen MR) is 102 cm³/mol. The second-order valence-electron chi connectivity index (χ2n) is 7.12. The van der Waals surface area contributed by atoms with Crippen molar-refractivity contribution in [3.05, 3.63) is 65.9 Å². The fourth-order valence-electron chi connectivity index (χ4n) is 3.83. The van der Waals surface area contributed by atoms with Crippen molar-refractivity contribution in [1.82, 2.24) is 4.57 Å². The highest BCUT2D eigenvalue weighted by Crippen LogP contribution is 2.37. The van der Waals surface area contributed by atoms with Gasteiger partial charge in [-0.25, -0.2) is 0 Å². The molecular formula is C21H23NO6. The third kappa shape index (κ3) is 3.17. The van der Waals surface area contributed by atoms with Gasteiger partial charge >= 0.3 is 0 Å². The van der Waals surface area contributed by atoms with Gasteiger partial charge in [-0.1, -0.05) is 42.5 Å². The van der Waals surface area contributed by atoms with Gasteiger partial charge in [0, 0.05) is 11.6 Å². The van der Waals surface area contributed by atoms with Crippen molar-refractivity contribution >= 4 is 10.9 Å². The molecule has 5 N–H and O–H groups in total. The van der Waals surface area contributed by atoms with E-state index in [1.165, 1.54) is 6.07 Å². The highest BCUT2D eigenvalue weighted by molar-refractivity contribution is 5.89. The number of aliphatic hydroxyl groups excluding tert-OH is 4. The minimum absolute atomic E-state index is 0.00812. The quantitative estimate of drug-likeness (QED) is 0.456. The number of phenolic OH excluding ortho intramolecular Hbond substituents is 1. The summed E-state index contributed by atoms with van der Waals surface area (Å²) in [5, 5.41) is 51.4. The lowest BCUT2D eigenvalue weighted by Crippen LogP contribution is -2.56. The smallest absolute Gasteiger partial charge is 0.163 e. The van der Waals surface area contributed by atoms with Gasteiger partial charge in [0.05, 0.1) is 12.1 Å². The van der Waals surface area contributed by atoms with Crippen molar-refractivity contribution in [3.63, 3.8) is 0 Å². The van der Waals surface area contributed by atoms with Crippen LogP contribution in [0.5, 0.6) is 5.75 Å². The number of aromatic hydroxyl groups is 1. The van der Waals surface area contributed by atoms with Gasteiger partial charge in [0.2, 0.25) is 0 Å². The van der Waals surface area contributed by atoms with Gasteiger partial charge in [-0.2, -0.15) is 0 Å². The van der Waals surface area contributed by atoms with Crippen LogP contribution in [0.4, 0.5) is 0 Å². The zero-order chi connectivity index (χ0) is 19.8. The van der Waals surface area contributed by atoms with E-state index in [0.29, 0.717) is 11.9 Å². The number of nitrogens with zero attached hydrogens (tertiary/aromatic N) is 1. The van der Waals surface area contributed by atoms with Crippen LogP contribution in [0.25, 0.3) is 10.9 Å². The molecule has 7 nitrogen and oxygen atoms in total. The molecule has 0 bridgehead atoms. The molecule has 1 aliphatic rings. The largest absolute Gasteiger partial charge is 0.506 e. The molecule has 0 amide bonds. The Morgan fingerprint density at radius 1 is 0.893 bits per heavy atom. The Morgan fingerprint density at radius 2 is 1.64 bits per heavy atom. The van der Waals surface area contributed by atoms with Crippen molar-refractivity contribution in [2.45, 2.75) is 37.1 Å². The zero-order valence-corrected chi connectivity index (χ0v) is 15.1. The third-order valence-electron chi connectivity index (χ3n) is 5.29. The molecule has 0 spiro atoms. The topological polar surface area (TPSA) is 115 Å². The number of hydrogen-bond donors (Lipinski definition) is 5. The standard InChI is InChI=1S/C21H23NO6/c23-11-16-18(25)19(26)20(27)21(28-16)22-10-13(9-12-5-2-1-3-6-12)14-7-4-8-15(24)17(14)22/h1-8,10,16,18-21,23-27H,9,11H2/t16-,18-,19+,20-,21-/m1/s1. The number of aliphatic hydroxyl groups is 4. The fourth-order valence-corrected chi connectivity index (χ4v) is 3.83. The molecule has 0 saturated carbocycles. The molecule has 7 heteroatoms. The molecule has 0 aliphatic carbocycles. The molecule has 2 heterocycles. The normalized spacial score (nSPS) is 27.9. The highest BCUT2D eigenvalue weighted by Gasteiger charge is 2.44. The van der Waals surface area contributed by atoms with Crippen LogP contribution in [0.2, 0.25) is 0 Å². The molecule has 28 heavy (non-hydrogen) atoms. The van der Waals surface area contributed by atoms with Crippen molar-refractivity contribution in [3.8, 4) is 5.75 Å². The number of fused-ring (bicyclic) bond motifs is 1. The van der Waals surface area contributed by atoms with Gasteiger partial charge < -0.3 is 34.8 Å². The van der Waals surface area contributed by atoms with Gasteiger partial charge in [-0.3, -0.25) is 0 Å². The van der Waals surface area contributed by atoms with Crippen LogP contribution in [0.3, 0.4) is 0 Å². The van der Waals surface area contributed by atoms with Crippen LogP contribution in [0.15, 0.2) is 54.7 Å². The van der Waals surface area contributed by atoms with Crippen LogP contribution in [-0.4, -0.2) is 61.1 Å². The summed E-state index contributed by atoms with van der Waals surface area (Å²) in [5.74, 6) is 0.00812. The number of ether oxygens (including phenoxy) is 1. The second-order valence-corrected chi connectivity index (χ2v) is 7.12. The molecular weight excluding hydrogens is 362 g/mol. The average molecular weight is 385 g/mol. The Labute approximate surface area is 161 Å². The van der Waals surface area contributed by atoms with Gasteiger partial charge in [0.15, 0.2) is 6.23 Å². The van der Waals surface area contributed by atoms with E-state index in [1.807, 2.05) is 36.4 Å². The van der Waals surface area contributed by atoms with Crippen molar-refractivity contribution < 1.29 is 30.3 Å². The molecule has 1 fully saturated rings. The summed E-state index contributed by atoms with van der Waals surface area (Å²) in [6, 6.07) is 15.0. The Balaban J connectivity index is 1.81. The van der Waals surface area contributed by atoms with Gasteiger partial charge in [0.1, 0.15) is 30.2 Å². The summed E-state index contributed by atoms with van der Waals surface area (Å²) in [4.78, 5) is 0. The van der Waals surface area contributed by atoms with Gasteiger partial charge in [0.25, 0.3) is 0 Å². The van der Waals surface area contributed by atoms with E-state index >= 15 is 0 Å². The number of para-hydroxylation sites is 1. The summed E-state index contributed by atoms with van der Waals surface area (Å²) in [6.45, 7) is -0.510. The van der Waals surface area contributed by atoms with Crippen molar-refractivity contribution in [2.75, 3.05) is 6.61 Å². The van der Waals surface area contributed by atoms with Crippen LogP contribution in [-0.2, 0) is 11.2 Å². The molecule has 0 unspecified atom stereocenters. The maximum atomic E-state index is 10.5. The van der Waals surface area contributed by atoms with Crippen molar-refractivity contribution in [1.29, 1.82) is 0 Å². The van der Waals surface area contributed by atoms with E-state index in [2.05, 4.69) is 0 Å². The minimum Gasteiger partial charge on any atom is -0.506 e. The first-order valence-corrected chi connectivity index (χ1v) is 9.17. The molecule has 3 aromatic rings. The second kappa shape index (κ2) is 7.54. The molecule has 4 rings (SSSR count). The van der Waals surface area contributed by atoms with Crippen molar-refractivity contribution in [2.24, 2.45) is 0 Å². The van der Waals surface area contributed by atoms with Crippen LogP contribution >= 0.6 is 0 Å². The van der Waals surface area contributed by atoms with E-state index in [9.17, 15) is 25.5 Å². The lowest BCUT2D eigenvalue weighted by Gasteiger charge is -2.40. The summed E-state index contributed by atoms with van der Waals surface area (Å²) < 4.78 is 7.25. The van der Waals surface area contributed by atoms with Crippen LogP contribution < -0.4 is 0 Å². The first kappa shape index (κ1) is 18.9. The number of aromatic nitrogens is 1. The molecule has 1 aromatic heterocycles. The van der Waals surface area contributed by atoms with Gasteiger partial charge in [-0.15, -0.1) is 0 Å². The number of hydrogen-bond acceptors (Lipinski definition) is 6. The summed E-state index contributed by atoms with van der Waals surface area (Å²) in [6.07, 6.45) is -4.08. The SMILES string of the molecule is OC[C@H]1O[C@@H](n2cc(Cc3ccccc3)c3cccc(O)c32)[C@H](O)[C@@H](O)[C@@H]1O. The Kier molecular flexibility index (Phi) is 5.09. The molecule has 0 radical (unpaired) electrons. The number of rotatable bonds is 4. The summed E-state index contributed by atoms with van der Waals surface area (Å²) in [5.41, 5.74) is 2.45. The van der Waals surface area contributed by atoms with Crippen LogP contribution in [0.1, 0.15) is 17.4 Å². The first-order chi connectivity index (χ1) is 13.5. The fraction of sp³-hybridized carbons (Fsp3) is 0.333. The predicted octanol–water partition coefficient (Wildman–Crippen LogP) is 0.910. The van der Waals surface area contributed by atoms with E-state index in [1.54, 1.807) is 16.8 Å². The average Bonchev–Trinajstić information content (AvgIpc) is 3.07. The Bertz CT molecular complexity index is 954.